The highest BCUT2D eigenvalue weighted by atomic mass is 16.5. The van der Waals surface area contributed by atoms with E-state index >= 15 is 0 Å². The van der Waals surface area contributed by atoms with Crippen molar-refractivity contribution in [2.45, 2.75) is 38.3 Å². The molecule has 0 spiro atoms. The maximum absolute atomic E-state index is 12.8. The quantitative estimate of drug-likeness (QED) is 0.619. The number of benzene rings is 2. The first-order valence-electron chi connectivity index (χ1n) is 10.8. The van der Waals surface area contributed by atoms with Gasteiger partial charge in [0.05, 0.1) is 12.8 Å². The zero-order valence-electron chi connectivity index (χ0n) is 18.5. The Labute approximate surface area is 188 Å². The molecule has 2 aromatic carbocycles. The molecule has 170 valence electrons. The van der Waals surface area contributed by atoms with Gasteiger partial charge in [-0.25, -0.2) is 4.79 Å². The highest BCUT2D eigenvalue weighted by Crippen LogP contribution is 2.24. The third-order valence-corrected chi connectivity index (χ3v) is 5.45. The Hall–Kier alpha value is -3.55. The van der Waals surface area contributed by atoms with Crippen LogP contribution < -0.4 is 20.7 Å². The molecule has 4 amide bonds. The average Bonchev–Trinajstić information content (AvgIpc) is 2.80. The summed E-state index contributed by atoms with van der Waals surface area (Å²) >= 11 is 0. The number of piperidine rings is 1. The van der Waals surface area contributed by atoms with E-state index in [1.807, 2.05) is 42.5 Å². The predicted octanol–water partition coefficient (Wildman–Crippen LogP) is 2.56. The molecule has 0 aliphatic carbocycles. The number of amides is 4. The van der Waals surface area contributed by atoms with Crippen molar-refractivity contribution < 1.29 is 19.1 Å². The normalized spacial score (nSPS) is 14.9. The summed E-state index contributed by atoms with van der Waals surface area (Å²) in [6, 6.07) is 16.0. The molecular formula is C24H30N4O4. The number of ether oxygens (including phenoxy) is 1. The van der Waals surface area contributed by atoms with Gasteiger partial charge in [-0.3, -0.25) is 9.59 Å². The first-order chi connectivity index (χ1) is 15.5. The van der Waals surface area contributed by atoms with Crippen LogP contribution in [0.2, 0.25) is 0 Å². The van der Waals surface area contributed by atoms with Crippen LogP contribution in [0, 0.1) is 0 Å². The van der Waals surface area contributed by atoms with Crippen LogP contribution >= 0.6 is 0 Å². The predicted molar refractivity (Wildman–Crippen MR) is 123 cm³/mol. The molecule has 1 fully saturated rings. The van der Waals surface area contributed by atoms with E-state index in [9.17, 15) is 14.4 Å². The van der Waals surface area contributed by atoms with Crippen molar-refractivity contribution in [1.29, 1.82) is 0 Å². The minimum absolute atomic E-state index is 0.0511. The lowest BCUT2D eigenvalue weighted by Gasteiger charge is -2.33. The van der Waals surface area contributed by atoms with Gasteiger partial charge in [0.1, 0.15) is 11.8 Å². The number of nitrogens with zero attached hydrogens (tertiary/aromatic N) is 1. The summed E-state index contributed by atoms with van der Waals surface area (Å²) in [5.41, 5.74) is 1.60. The summed E-state index contributed by atoms with van der Waals surface area (Å²) < 4.78 is 5.28. The number of methoxy groups -OCH3 is 1. The van der Waals surface area contributed by atoms with Crippen LogP contribution in [0.4, 0.5) is 10.5 Å². The summed E-state index contributed by atoms with van der Waals surface area (Å²) in [6.45, 7) is 2.45. The molecule has 32 heavy (non-hydrogen) atoms. The number of anilines is 1. The maximum atomic E-state index is 12.8. The van der Waals surface area contributed by atoms with Crippen LogP contribution in [0.5, 0.6) is 5.75 Å². The third kappa shape index (κ3) is 6.47. The Morgan fingerprint density at radius 3 is 2.34 bits per heavy atom. The van der Waals surface area contributed by atoms with Crippen molar-refractivity contribution in [2.75, 3.05) is 25.5 Å². The topological polar surface area (TPSA) is 99.8 Å². The van der Waals surface area contributed by atoms with Crippen LogP contribution in [0.15, 0.2) is 54.6 Å². The van der Waals surface area contributed by atoms with Crippen LogP contribution in [0.25, 0.3) is 0 Å². The highest BCUT2D eigenvalue weighted by Gasteiger charge is 2.27. The second-order valence-corrected chi connectivity index (χ2v) is 7.84. The summed E-state index contributed by atoms with van der Waals surface area (Å²) in [4.78, 5) is 38.8. The van der Waals surface area contributed by atoms with E-state index < -0.39 is 6.04 Å². The first kappa shape index (κ1) is 23.1. The molecule has 0 aromatic heterocycles. The minimum atomic E-state index is -0.637. The lowest BCUT2D eigenvalue weighted by Crippen LogP contribution is -2.53. The standard InChI is InChI=1S/C24H30N4O4/c1-17(29)25-21(16-18-8-4-3-5-9-18)23(30)26-19-12-14-28(15-13-19)24(31)27-20-10-6-7-11-22(20)32-2/h3-11,19,21H,12-16H2,1-2H3,(H,25,29)(H,26,30)(H,27,31)/t21-/m0/s1. The Morgan fingerprint density at radius 2 is 1.69 bits per heavy atom. The van der Waals surface area contributed by atoms with Gasteiger partial charge in [-0.05, 0) is 30.5 Å². The highest BCUT2D eigenvalue weighted by molar-refractivity contribution is 5.91. The van der Waals surface area contributed by atoms with Crippen molar-refractivity contribution in [2.24, 2.45) is 0 Å². The van der Waals surface area contributed by atoms with Gasteiger partial charge < -0.3 is 25.6 Å². The second-order valence-electron chi connectivity index (χ2n) is 7.84. The molecule has 8 heteroatoms. The number of hydrogen-bond acceptors (Lipinski definition) is 4. The zero-order chi connectivity index (χ0) is 22.9. The van der Waals surface area contributed by atoms with E-state index in [0.29, 0.717) is 43.8 Å². The molecule has 0 bridgehead atoms. The number of nitrogens with one attached hydrogen (secondary N) is 3. The van der Waals surface area contributed by atoms with Crippen molar-refractivity contribution >= 4 is 23.5 Å². The molecule has 0 unspecified atom stereocenters. The summed E-state index contributed by atoms with van der Waals surface area (Å²) in [5, 5.41) is 8.67. The van der Waals surface area contributed by atoms with Gasteiger partial charge in [0.25, 0.3) is 0 Å². The number of hydrogen-bond donors (Lipinski definition) is 3. The van der Waals surface area contributed by atoms with Crippen molar-refractivity contribution in [3.05, 3.63) is 60.2 Å². The lowest BCUT2D eigenvalue weighted by molar-refractivity contribution is -0.128. The van der Waals surface area contributed by atoms with E-state index in [4.69, 9.17) is 4.74 Å². The SMILES string of the molecule is COc1ccccc1NC(=O)N1CCC(NC(=O)[C@H](Cc2ccccc2)NC(C)=O)CC1. The maximum Gasteiger partial charge on any atom is 0.321 e. The van der Waals surface area contributed by atoms with Gasteiger partial charge in [0.2, 0.25) is 11.8 Å². The molecule has 1 aliphatic rings. The molecule has 1 saturated heterocycles. The summed E-state index contributed by atoms with van der Waals surface area (Å²) in [6.07, 6.45) is 1.71. The van der Waals surface area contributed by atoms with Gasteiger partial charge in [-0.1, -0.05) is 42.5 Å². The number of urea groups is 1. The molecule has 0 saturated carbocycles. The number of likely N-dealkylation sites (tertiary alicyclic amines) is 1. The molecular weight excluding hydrogens is 408 g/mol. The number of rotatable bonds is 7. The van der Waals surface area contributed by atoms with E-state index in [2.05, 4.69) is 16.0 Å². The largest absolute Gasteiger partial charge is 0.495 e. The van der Waals surface area contributed by atoms with E-state index in [-0.39, 0.29) is 23.9 Å². The molecule has 1 aliphatic heterocycles. The molecule has 3 rings (SSSR count). The van der Waals surface area contributed by atoms with Crippen LogP contribution in [-0.2, 0) is 16.0 Å². The molecule has 0 radical (unpaired) electrons. The fourth-order valence-corrected chi connectivity index (χ4v) is 3.78. The molecule has 2 aromatic rings. The molecule has 8 nitrogen and oxygen atoms in total. The van der Waals surface area contributed by atoms with Crippen molar-refractivity contribution in [3.63, 3.8) is 0 Å². The average molecular weight is 439 g/mol. The molecule has 1 atom stereocenters. The van der Waals surface area contributed by atoms with E-state index in [0.717, 1.165) is 5.56 Å². The Morgan fingerprint density at radius 1 is 1.03 bits per heavy atom. The monoisotopic (exact) mass is 438 g/mol. The van der Waals surface area contributed by atoms with Gasteiger partial charge in [0, 0.05) is 32.5 Å². The Kier molecular flexibility index (Phi) is 8.08. The summed E-state index contributed by atoms with van der Waals surface area (Å²) in [5.74, 6) is 0.148. The van der Waals surface area contributed by atoms with Gasteiger partial charge >= 0.3 is 6.03 Å². The van der Waals surface area contributed by atoms with Crippen LogP contribution in [0.3, 0.4) is 0 Å². The Bertz CT molecular complexity index is 927. The van der Waals surface area contributed by atoms with Crippen molar-refractivity contribution in [3.8, 4) is 5.75 Å². The number of para-hydroxylation sites is 2. The number of carbonyl (C=O) groups excluding carboxylic acids is 3. The van der Waals surface area contributed by atoms with Crippen molar-refractivity contribution in [1.82, 2.24) is 15.5 Å². The Balaban J connectivity index is 1.52. The zero-order valence-corrected chi connectivity index (χ0v) is 18.5. The molecule has 1 heterocycles. The van der Waals surface area contributed by atoms with Gasteiger partial charge in [-0.15, -0.1) is 0 Å². The number of carbonyl (C=O) groups is 3. The minimum Gasteiger partial charge on any atom is -0.495 e. The smallest absolute Gasteiger partial charge is 0.321 e. The van der Waals surface area contributed by atoms with Gasteiger partial charge in [0.15, 0.2) is 0 Å². The van der Waals surface area contributed by atoms with Crippen LogP contribution in [-0.4, -0.2) is 55.0 Å². The lowest BCUT2D eigenvalue weighted by atomic mass is 10.0. The fraction of sp³-hybridized carbons (Fsp3) is 0.375. The van der Waals surface area contributed by atoms with Crippen LogP contribution in [0.1, 0.15) is 25.3 Å². The van der Waals surface area contributed by atoms with Gasteiger partial charge in [-0.2, -0.15) is 0 Å². The van der Waals surface area contributed by atoms with E-state index in [1.54, 1.807) is 24.1 Å². The first-order valence-corrected chi connectivity index (χ1v) is 10.8. The van der Waals surface area contributed by atoms with E-state index in [1.165, 1.54) is 6.92 Å². The molecule has 3 N–H and O–H groups in total. The fourth-order valence-electron chi connectivity index (χ4n) is 3.78. The third-order valence-electron chi connectivity index (χ3n) is 5.45. The summed E-state index contributed by atoms with van der Waals surface area (Å²) in [7, 11) is 1.56. The second kappa shape index (κ2) is 11.2.